The largest absolute Gasteiger partial charge is 0.331 e. The maximum absolute atomic E-state index is 12.1. The molecule has 3 rings (SSSR count). The van der Waals surface area contributed by atoms with Gasteiger partial charge < -0.3 is 10.6 Å². The molecule has 0 unspecified atom stereocenters. The van der Waals surface area contributed by atoms with Gasteiger partial charge in [-0.05, 0) is 42.5 Å². The standard InChI is InChI=1S/C17H18N2O/c20-17(18-14-9-2-1-3-10-14)19-16-12-6-8-13-7-4-5-11-15(13)16/h1-5,7,9-11,16H,6,8,12H2,(H2,18,19,20)/t16-/m0/s1. The third-order valence-corrected chi connectivity index (χ3v) is 3.71. The van der Waals surface area contributed by atoms with Crippen molar-refractivity contribution in [1.29, 1.82) is 0 Å². The number of para-hydroxylation sites is 1. The Balaban J connectivity index is 1.68. The number of anilines is 1. The summed E-state index contributed by atoms with van der Waals surface area (Å²) in [6, 6.07) is 17.8. The Morgan fingerprint density at radius 1 is 1.00 bits per heavy atom. The van der Waals surface area contributed by atoms with Crippen LogP contribution in [-0.4, -0.2) is 6.03 Å². The molecule has 1 aliphatic rings. The summed E-state index contributed by atoms with van der Waals surface area (Å²) in [7, 11) is 0. The molecule has 2 N–H and O–H groups in total. The summed E-state index contributed by atoms with van der Waals surface area (Å²) in [5.74, 6) is 0. The maximum Gasteiger partial charge on any atom is 0.319 e. The first kappa shape index (κ1) is 12.7. The maximum atomic E-state index is 12.1. The lowest BCUT2D eigenvalue weighted by Crippen LogP contribution is -2.34. The normalized spacial score (nSPS) is 17.1. The number of fused-ring (bicyclic) bond motifs is 1. The Kier molecular flexibility index (Phi) is 3.68. The van der Waals surface area contributed by atoms with Crippen LogP contribution in [0.5, 0.6) is 0 Å². The van der Waals surface area contributed by atoms with E-state index in [1.165, 1.54) is 11.1 Å². The van der Waals surface area contributed by atoms with E-state index in [9.17, 15) is 4.79 Å². The molecule has 1 aliphatic carbocycles. The van der Waals surface area contributed by atoms with Gasteiger partial charge in [-0.1, -0.05) is 42.5 Å². The number of carbonyl (C=O) groups is 1. The second kappa shape index (κ2) is 5.78. The highest BCUT2D eigenvalue weighted by Gasteiger charge is 2.21. The van der Waals surface area contributed by atoms with Gasteiger partial charge in [0.1, 0.15) is 0 Å². The molecule has 0 bridgehead atoms. The lowest BCUT2D eigenvalue weighted by atomic mass is 9.88. The molecule has 102 valence electrons. The predicted molar refractivity (Wildman–Crippen MR) is 80.7 cm³/mol. The second-order valence-electron chi connectivity index (χ2n) is 5.11. The molecule has 1 atom stereocenters. The fraction of sp³-hybridized carbons (Fsp3) is 0.235. The van der Waals surface area contributed by atoms with Crippen molar-refractivity contribution in [3.05, 3.63) is 65.7 Å². The summed E-state index contributed by atoms with van der Waals surface area (Å²) in [4.78, 5) is 12.1. The molecule has 3 heteroatoms. The minimum Gasteiger partial charge on any atom is -0.331 e. The summed E-state index contributed by atoms with van der Waals surface area (Å²) < 4.78 is 0. The van der Waals surface area contributed by atoms with Crippen LogP contribution in [0.15, 0.2) is 54.6 Å². The van der Waals surface area contributed by atoms with Crippen LogP contribution in [-0.2, 0) is 6.42 Å². The monoisotopic (exact) mass is 266 g/mol. The van der Waals surface area contributed by atoms with Crippen LogP contribution in [0.4, 0.5) is 10.5 Å². The highest BCUT2D eigenvalue weighted by atomic mass is 16.2. The van der Waals surface area contributed by atoms with Crippen molar-refractivity contribution in [2.45, 2.75) is 25.3 Å². The van der Waals surface area contributed by atoms with Crippen LogP contribution in [0.1, 0.15) is 30.0 Å². The molecule has 0 heterocycles. The zero-order valence-electron chi connectivity index (χ0n) is 11.3. The second-order valence-corrected chi connectivity index (χ2v) is 5.11. The van der Waals surface area contributed by atoms with Gasteiger partial charge in [0.05, 0.1) is 6.04 Å². The summed E-state index contributed by atoms with van der Waals surface area (Å²) >= 11 is 0. The van der Waals surface area contributed by atoms with E-state index in [2.05, 4.69) is 28.8 Å². The van der Waals surface area contributed by atoms with E-state index in [4.69, 9.17) is 0 Å². The molecule has 2 amide bonds. The van der Waals surface area contributed by atoms with E-state index in [-0.39, 0.29) is 12.1 Å². The molecule has 0 fully saturated rings. The zero-order chi connectivity index (χ0) is 13.8. The molecular formula is C17H18N2O. The van der Waals surface area contributed by atoms with Gasteiger partial charge in [-0.15, -0.1) is 0 Å². The molecule has 0 saturated heterocycles. The molecule has 3 nitrogen and oxygen atoms in total. The van der Waals surface area contributed by atoms with Gasteiger partial charge in [-0.2, -0.15) is 0 Å². The van der Waals surface area contributed by atoms with Crippen LogP contribution in [0.2, 0.25) is 0 Å². The Morgan fingerprint density at radius 3 is 2.60 bits per heavy atom. The number of carbonyl (C=O) groups excluding carboxylic acids is 1. The van der Waals surface area contributed by atoms with Crippen molar-refractivity contribution < 1.29 is 4.79 Å². The molecule has 0 aliphatic heterocycles. The highest BCUT2D eigenvalue weighted by Crippen LogP contribution is 2.29. The van der Waals surface area contributed by atoms with Gasteiger partial charge in [0, 0.05) is 5.69 Å². The van der Waals surface area contributed by atoms with Crippen molar-refractivity contribution >= 4 is 11.7 Å². The minimum atomic E-state index is -0.141. The number of rotatable bonds is 2. The number of aryl methyl sites for hydroxylation is 1. The van der Waals surface area contributed by atoms with Crippen molar-refractivity contribution in [3.8, 4) is 0 Å². The van der Waals surface area contributed by atoms with Gasteiger partial charge in [0.25, 0.3) is 0 Å². The first-order valence-electron chi connectivity index (χ1n) is 7.03. The molecule has 20 heavy (non-hydrogen) atoms. The van der Waals surface area contributed by atoms with Crippen molar-refractivity contribution in [2.75, 3.05) is 5.32 Å². The van der Waals surface area contributed by atoms with Crippen molar-refractivity contribution in [1.82, 2.24) is 5.32 Å². The minimum absolute atomic E-state index is 0.115. The van der Waals surface area contributed by atoms with Gasteiger partial charge in [0.15, 0.2) is 0 Å². The van der Waals surface area contributed by atoms with Crippen LogP contribution < -0.4 is 10.6 Å². The number of urea groups is 1. The van der Waals surface area contributed by atoms with E-state index >= 15 is 0 Å². The van der Waals surface area contributed by atoms with Crippen LogP contribution in [0, 0.1) is 0 Å². The third-order valence-electron chi connectivity index (χ3n) is 3.71. The summed E-state index contributed by atoms with van der Waals surface area (Å²) in [5, 5.41) is 5.94. The Bertz CT molecular complexity index is 595. The fourth-order valence-corrected chi connectivity index (χ4v) is 2.75. The average Bonchev–Trinajstić information content (AvgIpc) is 2.48. The van der Waals surface area contributed by atoms with Gasteiger partial charge in [-0.3, -0.25) is 0 Å². The lowest BCUT2D eigenvalue weighted by Gasteiger charge is -2.26. The Morgan fingerprint density at radius 2 is 1.75 bits per heavy atom. The topological polar surface area (TPSA) is 41.1 Å². The highest BCUT2D eigenvalue weighted by molar-refractivity contribution is 5.89. The smallest absolute Gasteiger partial charge is 0.319 e. The van der Waals surface area contributed by atoms with Crippen LogP contribution in [0.25, 0.3) is 0 Å². The Hall–Kier alpha value is -2.29. The Labute approximate surface area is 119 Å². The molecule has 0 radical (unpaired) electrons. The van der Waals surface area contributed by atoms with Gasteiger partial charge in [-0.25, -0.2) is 4.79 Å². The summed E-state index contributed by atoms with van der Waals surface area (Å²) in [6.45, 7) is 0. The molecule has 0 saturated carbocycles. The first-order chi connectivity index (χ1) is 9.83. The predicted octanol–water partition coefficient (Wildman–Crippen LogP) is 3.89. The SMILES string of the molecule is O=C(Nc1ccccc1)N[C@H]1CCCc2ccccc21. The van der Waals surface area contributed by atoms with Crippen molar-refractivity contribution in [3.63, 3.8) is 0 Å². The number of hydrogen-bond acceptors (Lipinski definition) is 1. The van der Waals surface area contributed by atoms with Crippen molar-refractivity contribution in [2.24, 2.45) is 0 Å². The van der Waals surface area contributed by atoms with E-state index in [1.54, 1.807) is 0 Å². The van der Waals surface area contributed by atoms with E-state index in [0.29, 0.717) is 0 Å². The molecule has 0 aromatic heterocycles. The number of hydrogen-bond donors (Lipinski definition) is 2. The third kappa shape index (κ3) is 2.82. The van der Waals surface area contributed by atoms with Gasteiger partial charge >= 0.3 is 6.03 Å². The molecular weight excluding hydrogens is 248 g/mol. The van der Waals surface area contributed by atoms with E-state index in [0.717, 1.165) is 24.9 Å². The lowest BCUT2D eigenvalue weighted by molar-refractivity contribution is 0.247. The van der Waals surface area contributed by atoms with Gasteiger partial charge in [0.2, 0.25) is 0 Å². The molecule has 0 spiro atoms. The quantitative estimate of drug-likeness (QED) is 0.850. The fourth-order valence-electron chi connectivity index (χ4n) is 2.75. The molecule has 2 aromatic rings. The van der Waals surface area contributed by atoms with E-state index < -0.39 is 0 Å². The number of nitrogens with one attached hydrogen (secondary N) is 2. The van der Waals surface area contributed by atoms with Crippen LogP contribution >= 0.6 is 0 Å². The van der Waals surface area contributed by atoms with E-state index in [1.807, 2.05) is 36.4 Å². The zero-order valence-corrected chi connectivity index (χ0v) is 11.3. The summed E-state index contributed by atoms with van der Waals surface area (Å²) in [6.07, 6.45) is 3.22. The average molecular weight is 266 g/mol. The first-order valence-corrected chi connectivity index (χ1v) is 7.03. The molecule has 2 aromatic carbocycles. The van der Waals surface area contributed by atoms with Crippen LogP contribution in [0.3, 0.4) is 0 Å². The summed E-state index contributed by atoms with van der Waals surface area (Å²) in [5.41, 5.74) is 3.42. The number of benzene rings is 2. The number of amides is 2.